The van der Waals surface area contributed by atoms with Gasteiger partial charge < -0.3 is 16.0 Å². The van der Waals surface area contributed by atoms with Crippen molar-refractivity contribution in [3.05, 3.63) is 23.8 Å². The minimum absolute atomic E-state index is 0.0136. The second-order valence-electron chi connectivity index (χ2n) is 5.85. The monoisotopic (exact) mass is 303 g/mol. The van der Waals surface area contributed by atoms with Crippen molar-refractivity contribution in [2.24, 2.45) is 5.92 Å². The summed E-state index contributed by atoms with van der Waals surface area (Å²) in [5.41, 5.74) is 2.70. The summed E-state index contributed by atoms with van der Waals surface area (Å²) in [6.45, 7) is 5.02. The van der Waals surface area contributed by atoms with Gasteiger partial charge in [-0.1, -0.05) is 19.4 Å². The lowest BCUT2D eigenvalue weighted by Gasteiger charge is -2.12. The molecule has 5 nitrogen and oxygen atoms in total. The van der Waals surface area contributed by atoms with E-state index < -0.39 is 0 Å². The van der Waals surface area contributed by atoms with Crippen LogP contribution in [0.25, 0.3) is 0 Å². The Bertz CT molecular complexity index is 539. The van der Waals surface area contributed by atoms with Crippen LogP contribution in [0, 0.1) is 12.8 Å². The quantitative estimate of drug-likeness (QED) is 0.647. The maximum absolute atomic E-state index is 11.8. The Kier molecular flexibility index (Phi) is 5.81. The van der Waals surface area contributed by atoms with Crippen LogP contribution in [0.3, 0.4) is 0 Å². The molecule has 1 saturated carbocycles. The van der Waals surface area contributed by atoms with Crippen molar-refractivity contribution in [3.8, 4) is 0 Å². The van der Waals surface area contributed by atoms with Gasteiger partial charge in [-0.15, -0.1) is 0 Å². The van der Waals surface area contributed by atoms with E-state index in [-0.39, 0.29) is 24.3 Å². The molecule has 5 heteroatoms. The zero-order chi connectivity index (χ0) is 15.9. The Morgan fingerprint density at radius 1 is 1.27 bits per heavy atom. The largest absolute Gasteiger partial charge is 0.376 e. The van der Waals surface area contributed by atoms with E-state index in [1.807, 2.05) is 25.1 Å². The van der Waals surface area contributed by atoms with Gasteiger partial charge in [-0.25, -0.2) is 0 Å². The van der Waals surface area contributed by atoms with Crippen molar-refractivity contribution in [3.63, 3.8) is 0 Å². The Labute approximate surface area is 131 Å². The summed E-state index contributed by atoms with van der Waals surface area (Å²) in [7, 11) is 0. The zero-order valence-electron chi connectivity index (χ0n) is 13.4. The molecule has 3 N–H and O–H groups in total. The number of nitrogens with one attached hydrogen (secondary N) is 3. The van der Waals surface area contributed by atoms with Crippen molar-refractivity contribution < 1.29 is 9.59 Å². The summed E-state index contributed by atoms with van der Waals surface area (Å²) >= 11 is 0. The minimum Gasteiger partial charge on any atom is -0.376 e. The standard InChI is InChI=1S/C17H25N3O2/c1-3-4-9-18-16(21)11-19-15-10-14(8-5-12(15)2)20-17(22)13-6-7-13/h5,8,10,13,19H,3-4,6-7,9,11H2,1-2H3,(H,18,21)(H,20,22). The highest BCUT2D eigenvalue weighted by atomic mass is 16.2. The van der Waals surface area contributed by atoms with Gasteiger partial charge in [-0.2, -0.15) is 0 Å². The zero-order valence-corrected chi connectivity index (χ0v) is 13.4. The molecule has 2 amide bonds. The van der Waals surface area contributed by atoms with Crippen LogP contribution in [-0.4, -0.2) is 24.9 Å². The fourth-order valence-electron chi connectivity index (χ4n) is 2.12. The average Bonchev–Trinajstić information content (AvgIpc) is 3.33. The van der Waals surface area contributed by atoms with Crippen LogP contribution in [0.5, 0.6) is 0 Å². The molecule has 0 unspecified atom stereocenters. The molecule has 120 valence electrons. The molecular formula is C17H25N3O2. The SMILES string of the molecule is CCCCNC(=O)CNc1cc(NC(=O)C2CC2)ccc1C. The van der Waals surface area contributed by atoms with Crippen molar-refractivity contribution >= 4 is 23.2 Å². The fourth-order valence-corrected chi connectivity index (χ4v) is 2.12. The van der Waals surface area contributed by atoms with Gasteiger partial charge in [-0.3, -0.25) is 9.59 Å². The van der Waals surface area contributed by atoms with Crippen molar-refractivity contribution in [1.82, 2.24) is 5.32 Å². The lowest BCUT2D eigenvalue weighted by molar-refractivity contribution is -0.119. The van der Waals surface area contributed by atoms with E-state index >= 15 is 0 Å². The van der Waals surface area contributed by atoms with Crippen molar-refractivity contribution in [2.75, 3.05) is 23.7 Å². The molecule has 0 aromatic heterocycles. The van der Waals surface area contributed by atoms with E-state index in [4.69, 9.17) is 0 Å². The van der Waals surface area contributed by atoms with E-state index in [1.54, 1.807) is 0 Å². The number of anilines is 2. The first-order valence-corrected chi connectivity index (χ1v) is 8.02. The van der Waals surface area contributed by atoms with E-state index in [0.29, 0.717) is 6.54 Å². The number of benzene rings is 1. The maximum atomic E-state index is 11.8. The van der Waals surface area contributed by atoms with Gasteiger partial charge in [0.1, 0.15) is 0 Å². The summed E-state index contributed by atoms with van der Waals surface area (Å²) in [5, 5.41) is 8.93. The molecule has 0 heterocycles. The molecule has 1 aliphatic carbocycles. The number of carbonyl (C=O) groups is 2. The van der Waals surface area contributed by atoms with Crippen LogP contribution in [0.15, 0.2) is 18.2 Å². The predicted octanol–water partition coefficient (Wildman–Crippen LogP) is 2.67. The van der Waals surface area contributed by atoms with Crippen molar-refractivity contribution in [1.29, 1.82) is 0 Å². The van der Waals surface area contributed by atoms with Crippen LogP contribution in [-0.2, 0) is 9.59 Å². The van der Waals surface area contributed by atoms with Gasteiger partial charge >= 0.3 is 0 Å². The molecule has 22 heavy (non-hydrogen) atoms. The Balaban J connectivity index is 1.86. The molecule has 1 aromatic carbocycles. The molecular weight excluding hydrogens is 278 g/mol. The molecule has 2 rings (SSSR count). The molecule has 0 saturated heterocycles. The topological polar surface area (TPSA) is 70.2 Å². The van der Waals surface area contributed by atoms with Gasteiger partial charge in [0.05, 0.1) is 6.54 Å². The maximum Gasteiger partial charge on any atom is 0.239 e. The molecule has 1 fully saturated rings. The minimum atomic E-state index is -0.0136. The first-order chi connectivity index (χ1) is 10.6. The molecule has 0 radical (unpaired) electrons. The Morgan fingerprint density at radius 3 is 2.73 bits per heavy atom. The lowest BCUT2D eigenvalue weighted by Crippen LogP contribution is -2.30. The summed E-state index contributed by atoms with van der Waals surface area (Å²) < 4.78 is 0. The summed E-state index contributed by atoms with van der Waals surface area (Å²) in [6, 6.07) is 5.72. The smallest absolute Gasteiger partial charge is 0.239 e. The molecule has 0 spiro atoms. The van der Waals surface area contributed by atoms with E-state index in [9.17, 15) is 9.59 Å². The van der Waals surface area contributed by atoms with Crippen LogP contribution in [0.4, 0.5) is 11.4 Å². The summed E-state index contributed by atoms with van der Waals surface area (Å²) in [4.78, 5) is 23.5. The average molecular weight is 303 g/mol. The van der Waals surface area contributed by atoms with Crippen LogP contribution >= 0.6 is 0 Å². The first kappa shape index (κ1) is 16.3. The number of amides is 2. The lowest BCUT2D eigenvalue weighted by atomic mass is 10.1. The van der Waals surface area contributed by atoms with E-state index in [1.165, 1.54) is 0 Å². The van der Waals surface area contributed by atoms with Gasteiger partial charge in [-0.05, 0) is 43.9 Å². The normalized spacial score (nSPS) is 13.5. The highest BCUT2D eigenvalue weighted by molar-refractivity contribution is 5.94. The molecule has 1 aromatic rings. The summed E-state index contributed by atoms with van der Waals surface area (Å²) in [6.07, 6.45) is 4.03. The fraction of sp³-hybridized carbons (Fsp3) is 0.529. The van der Waals surface area contributed by atoms with Crippen molar-refractivity contribution in [2.45, 2.75) is 39.5 Å². The Morgan fingerprint density at radius 2 is 2.05 bits per heavy atom. The number of rotatable bonds is 8. The number of hydrogen-bond donors (Lipinski definition) is 3. The Hall–Kier alpha value is -2.04. The van der Waals surface area contributed by atoms with Crippen LogP contribution in [0.1, 0.15) is 38.2 Å². The third-order valence-electron chi connectivity index (χ3n) is 3.75. The molecule has 1 aliphatic rings. The summed E-state index contributed by atoms with van der Waals surface area (Å²) in [5.74, 6) is 0.259. The highest BCUT2D eigenvalue weighted by Gasteiger charge is 2.29. The predicted molar refractivity (Wildman–Crippen MR) is 88.9 cm³/mol. The van der Waals surface area contributed by atoms with Crippen LogP contribution in [0.2, 0.25) is 0 Å². The second-order valence-corrected chi connectivity index (χ2v) is 5.85. The van der Waals surface area contributed by atoms with Gasteiger partial charge in [0.15, 0.2) is 0 Å². The number of carbonyl (C=O) groups excluding carboxylic acids is 2. The number of aryl methyl sites for hydroxylation is 1. The molecule has 0 bridgehead atoms. The van der Waals surface area contributed by atoms with Crippen LogP contribution < -0.4 is 16.0 Å². The molecule has 0 atom stereocenters. The first-order valence-electron chi connectivity index (χ1n) is 8.02. The van der Waals surface area contributed by atoms with Gasteiger partial charge in [0, 0.05) is 23.8 Å². The van der Waals surface area contributed by atoms with Gasteiger partial charge in [0.25, 0.3) is 0 Å². The van der Waals surface area contributed by atoms with E-state index in [2.05, 4.69) is 22.9 Å². The third kappa shape index (κ3) is 5.06. The van der Waals surface area contributed by atoms with Gasteiger partial charge in [0.2, 0.25) is 11.8 Å². The third-order valence-corrected chi connectivity index (χ3v) is 3.75. The van der Waals surface area contributed by atoms with E-state index in [0.717, 1.165) is 42.6 Å². The highest BCUT2D eigenvalue weighted by Crippen LogP contribution is 2.30. The number of unbranched alkanes of at least 4 members (excludes halogenated alkanes) is 1. The number of hydrogen-bond acceptors (Lipinski definition) is 3. The molecule has 0 aliphatic heterocycles. The second kappa shape index (κ2) is 7.82.